The van der Waals surface area contributed by atoms with Crippen LogP contribution < -0.4 is 0 Å². The van der Waals surface area contributed by atoms with Gasteiger partial charge in [-0.3, -0.25) is 4.40 Å². The maximum atomic E-state index is 8.92. The Labute approximate surface area is 109 Å². The zero-order valence-electron chi connectivity index (χ0n) is 10.1. The molecule has 18 heavy (non-hydrogen) atoms. The monoisotopic (exact) mass is 253 g/mol. The number of rotatable bonds is 1. The Morgan fingerprint density at radius 1 is 1.33 bits per heavy atom. The molecule has 0 saturated carbocycles. The molecule has 1 aromatic carbocycles. The zero-order chi connectivity index (χ0) is 12.7. The number of nitriles is 1. The fourth-order valence-electron chi connectivity index (χ4n) is 1.94. The number of benzene rings is 1. The quantitative estimate of drug-likeness (QED) is 0.665. The maximum absolute atomic E-state index is 8.92. The Hall–Kier alpha value is -2.12. The van der Waals surface area contributed by atoms with Crippen molar-refractivity contribution in [1.82, 2.24) is 9.38 Å². The third-order valence-electron chi connectivity index (χ3n) is 3.08. The minimum Gasteiger partial charge on any atom is -0.294 e. The van der Waals surface area contributed by atoms with Crippen molar-refractivity contribution >= 4 is 16.3 Å². The van der Waals surface area contributed by atoms with Crippen molar-refractivity contribution in [3.05, 3.63) is 46.6 Å². The van der Waals surface area contributed by atoms with Gasteiger partial charge in [0.25, 0.3) is 0 Å². The van der Waals surface area contributed by atoms with Crippen LogP contribution in [0.5, 0.6) is 0 Å². The zero-order valence-corrected chi connectivity index (χ0v) is 11.0. The van der Waals surface area contributed by atoms with Crippen LogP contribution in [0.25, 0.3) is 16.2 Å². The van der Waals surface area contributed by atoms with E-state index in [2.05, 4.69) is 29.3 Å². The summed E-state index contributed by atoms with van der Waals surface area (Å²) >= 11 is 1.69. The first-order valence-corrected chi connectivity index (χ1v) is 6.46. The molecule has 0 radical (unpaired) electrons. The normalized spacial score (nSPS) is 10.7. The molecule has 0 saturated heterocycles. The lowest BCUT2D eigenvalue weighted by molar-refractivity contribution is 1.11. The fraction of sp³-hybridized carbons (Fsp3) is 0.143. The molecule has 0 atom stereocenters. The van der Waals surface area contributed by atoms with Crippen LogP contribution in [0.3, 0.4) is 0 Å². The highest BCUT2D eigenvalue weighted by atomic mass is 32.1. The molecule has 0 unspecified atom stereocenters. The van der Waals surface area contributed by atoms with Crippen LogP contribution in [-0.4, -0.2) is 9.38 Å². The molecule has 3 nitrogen and oxygen atoms in total. The molecule has 0 fully saturated rings. The molecule has 0 aliphatic rings. The molecule has 0 bridgehead atoms. The van der Waals surface area contributed by atoms with Crippen LogP contribution in [0.15, 0.2) is 30.5 Å². The van der Waals surface area contributed by atoms with Crippen LogP contribution in [0.1, 0.15) is 16.1 Å². The summed E-state index contributed by atoms with van der Waals surface area (Å²) in [6.45, 7) is 4.20. The number of hydrogen-bond donors (Lipinski definition) is 0. The van der Waals surface area contributed by atoms with Gasteiger partial charge >= 0.3 is 0 Å². The van der Waals surface area contributed by atoms with Gasteiger partial charge in [-0.25, -0.2) is 4.98 Å². The number of fused-ring (bicyclic) bond motifs is 1. The molecule has 3 aromatic rings. The number of thiazole rings is 1. The van der Waals surface area contributed by atoms with Crippen molar-refractivity contribution in [2.24, 2.45) is 0 Å². The molecule has 0 aliphatic heterocycles. The molecular formula is C14H11N3S. The van der Waals surface area contributed by atoms with Crippen molar-refractivity contribution in [3.8, 4) is 17.3 Å². The van der Waals surface area contributed by atoms with E-state index in [0.29, 0.717) is 5.56 Å². The summed E-state index contributed by atoms with van der Waals surface area (Å²) in [5, 5.41) is 8.92. The van der Waals surface area contributed by atoms with Gasteiger partial charge < -0.3 is 0 Å². The molecule has 0 aliphatic carbocycles. The van der Waals surface area contributed by atoms with Crippen LogP contribution >= 0.6 is 11.3 Å². The predicted molar refractivity (Wildman–Crippen MR) is 72.7 cm³/mol. The highest BCUT2D eigenvalue weighted by Gasteiger charge is 2.10. The molecule has 0 N–H and O–H groups in total. The van der Waals surface area contributed by atoms with E-state index in [0.717, 1.165) is 16.2 Å². The predicted octanol–water partition coefficient (Wildman–Crippen LogP) is 3.55. The molecule has 4 heteroatoms. The molecule has 0 amide bonds. The Balaban J connectivity index is 2.17. The second-order valence-electron chi connectivity index (χ2n) is 4.21. The van der Waals surface area contributed by atoms with Crippen LogP contribution in [0, 0.1) is 25.2 Å². The largest absolute Gasteiger partial charge is 0.294 e. The third kappa shape index (κ3) is 1.60. The SMILES string of the molecule is Cc1sc2nc(-c3cccc(C#N)c3)cn2c1C. The summed E-state index contributed by atoms with van der Waals surface area (Å²) in [7, 11) is 0. The van der Waals surface area contributed by atoms with Crippen LogP contribution in [0.2, 0.25) is 0 Å². The van der Waals surface area contributed by atoms with Gasteiger partial charge in [-0.15, -0.1) is 11.3 Å². The number of aryl methyl sites for hydroxylation is 2. The second-order valence-corrected chi connectivity index (χ2v) is 5.40. The summed E-state index contributed by atoms with van der Waals surface area (Å²) in [4.78, 5) is 6.90. The van der Waals surface area contributed by atoms with E-state index >= 15 is 0 Å². The van der Waals surface area contributed by atoms with E-state index in [1.165, 1.54) is 10.6 Å². The van der Waals surface area contributed by atoms with Crippen molar-refractivity contribution in [3.63, 3.8) is 0 Å². The van der Waals surface area contributed by atoms with Gasteiger partial charge in [0.2, 0.25) is 0 Å². The highest BCUT2D eigenvalue weighted by molar-refractivity contribution is 7.17. The molecule has 88 valence electrons. The number of imidazole rings is 1. The van der Waals surface area contributed by atoms with Gasteiger partial charge in [0.05, 0.1) is 17.3 Å². The third-order valence-corrected chi connectivity index (χ3v) is 4.15. The van der Waals surface area contributed by atoms with Crippen molar-refractivity contribution in [2.75, 3.05) is 0 Å². The average Bonchev–Trinajstić information content (AvgIpc) is 2.91. The van der Waals surface area contributed by atoms with Gasteiger partial charge in [0, 0.05) is 22.3 Å². The number of nitrogens with zero attached hydrogens (tertiary/aromatic N) is 3. The topological polar surface area (TPSA) is 41.1 Å². The summed E-state index contributed by atoms with van der Waals surface area (Å²) in [5.41, 5.74) is 3.80. The second kappa shape index (κ2) is 3.97. The van der Waals surface area contributed by atoms with E-state index < -0.39 is 0 Å². The Bertz CT molecular complexity index is 774. The lowest BCUT2D eigenvalue weighted by atomic mass is 10.1. The van der Waals surface area contributed by atoms with E-state index in [4.69, 9.17) is 5.26 Å². The van der Waals surface area contributed by atoms with Gasteiger partial charge in [0.1, 0.15) is 0 Å². The lowest BCUT2D eigenvalue weighted by Crippen LogP contribution is -1.82. The van der Waals surface area contributed by atoms with Crippen LogP contribution in [0.4, 0.5) is 0 Å². The average molecular weight is 253 g/mol. The van der Waals surface area contributed by atoms with Crippen molar-refractivity contribution in [2.45, 2.75) is 13.8 Å². The van der Waals surface area contributed by atoms with E-state index in [1.807, 2.05) is 24.4 Å². The molecule has 2 aromatic heterocycles. The van der Waals surface area contributed by atoms with Crippen molar-refractivity contribution < 1.29 is 0 Å². The van der Waals surface area contributed by atoms with Gasteiger partial charge in [-0.2, -0.15) is 5.26 Å². The first-order chi connectivity index (χ1) is 8.69. The lowest BCUT2D eigenvalue weighted by Gasteiger charge is -1.96. The van der Waals surface area contributed by atoms with Crippen molar-refractivity contribution in [1.29, 1.82) is 5.26 Å². The molecule has 0 spiro atoms. The molecular weight excluding hydrogens is 242 g/mol. The summed E-state index contributed by atoms with van der Waals surface area (Å²) in [6.07, 6.45) is 2.03. The Morgan fingerprint density at radius 2 is 2.17 bits per heavy atom. The summed E-state index contributed by atoms with van der Waals surface area (Å²) in [5.74, 6) is 0. The number of hydrogen-bond acceptors (Lipinski definition) is 3. The maximum Gasteiger partial charge on any atom is 0.194 e. The molecule has 2 heterocycles. The highest BCUT2D eigenvalue weighted by Crippen LogP contribution is 2.26. The standard InChI is InChI=1S/C14H11N3S/c1-9-10(2)18-14-16-13(8-17(9)14)12-5-3-4-11(6-12)7-15/h3-6,8H,1-2H3. The van der Waals surface area contributed by atoms with Gasteiger partial charge in [-0.05, 0) is 26.0 Å². The van der Waals surface area contributed by atoms with E-state index in [-0.39, 0.29) is 0 Å². The molecule has 3 rings (SSSR count). The van der Waals surface area contributed by atoms with Gasteiger partial charge in [-0.1, -0.05) is 12.1 Å². The first-order valence-electron chi connectivity index (χ1n) is 5.64. The Morgan fingerprint density at radius 3 is 2.89 bits per heavy atom. The fourth-order valence-corrected chi connectivity index (χ4v) is 2.90. The van der Waals surface area contributed by atoms with Gasteiger partial charge in [0.15, 0.2) is 4.96 Å². The van der Waals surface area contributed by atoms with E-state index in [9.17, 15) is 0 Å². The summed E-state index contributed by atoms with van der Waals surface area (Å²) < 4.78 is 2.11. The summed E-state index contributed by atoms with van der Waals surface area (Å²) in [6, 6.07) is 9.70. The number of aromatic nitrogens is 2. The minimum absolute atomic E-state index is 0.664. The van der Waals surface area contributed by atoms with Crippen LogP contribution in [-0.2, 0) is 0 Å². The minimum atomic E-state index is 0.664. The smallest absolute Gasteiger partial charge is 0.194 e. The first kappa shape index (κ1) is 11.0. The van der Waals surface area contributed by atoms with E-state index in [1.54, 1.807) is 17.4 Å². The Kier molecular flexibility index (Phi) is 2.42.